The van der Waals surface area contributed by atoms with E-state index in [1.807, 2.05) is 19.1 Å². The molecule has 3 heteroatoms. The topological polar surface area (TPSA) is 17.1 Å². The van der Waals surface area contributed by atoms with Gasteiger partial charge in [0.25, 0.3) is 0 Å². The van der Waals surface area contributed by atoms with E-state index in [4.69, 9.17) is 0 Å². The summed E-state index contributed by atoms with van der Waals surface area (Å²) < 4.78 is 26.3. The summed E-state index contributed by atoms with van der Waals surface area (Å²) in [5, 5.41) is 0. The van der Waals surface area contributed by atoms with Crippen LogP contribution in [0.25, 0.3) is 0 Å². The fraction of sp³-hybridized carbons (Fsp3) is 0.350. The Hall–Kier alpha value is -2.03. The minimum absolute atomic E-state index is 0.0718. The third-order valence-electron chi connectivity index (χ3n) is 4.94. The normalized spacial score (nSPS) is 22.0. The number of Topliss-reactive ketones (excluding diaryl/α,β-unsaturated/α-hetero) is 1. The highest BCUT2D eigenvalue weighted by Gasteiger charge is 2.61. The molecule has 120 valence electrons. The van der Waals surface area contributed by atoms with Gasteiger partial charge in [0, 0.05) is 12.3 Å². The fourth-order valence-electron chi connectivity index (χ4n) is 3.69. The number of aryl methyl sites for hydroxylation is 1. The quantitative estimate of drug-likeness (QED) is 0.790. The number of carbonyl (C=O) groups excluding carboxylic acids is 1. The van der Waals surface area contributed by atoms with E-state index in [2.05, 4.69) is 26.0 Å². The van der Waals surface area contributed by atoms with Gasteiger partial charge in [-0.2, -0.15) is 0 Å². The molecule has 0 amide bonds. The highest BCUT2D eigenvalue weighted by atomic mass is 19.2. The van der Waals surface area contributed by atoms with Crippen LogP contribution in [0.2, 0.25) is 0 Å². The number of halogens is 2. The molecule has 1 nitrogen and oxygen atoms in total. The lowest BCUT2D eigenvalue weighted by molar-refractivity contribution is -0.120. The van der Waals surface area contributed by atoms with Crippen molar-refractivity contribution in [3.05, 3.63) is 70.8 Å². The third-order valence-corrected chi connectivity index (χ3v) is 4.94. The van der Waals surface area contributed by atoms with E-state index < -0.39 is 11.6 Å². The lowest BCUT2D eigenvalue weighted by atomic mass is 10.0. The van der Waals surface area contributed by atoms with Gasteiger partial charge in [-0.05, 0) is 41.5 Å². The lowest BCUT2D eigenvalue weighted by Gasteiger charge is -2.03. The smallest absolute Gasteiger partial charge is 0.159 e. The first-order valence-corrected chi connectivity index (χ1v) is 7.84. The van der Waals surface area contributed by atoms with Crippen LogP contribution in [-0.2, 0) is 11.2 Å². The molecule has 0 unspecified atom stereocenters. The minimum atomic E-state index is -0.902. The summed E-state index contributed by atoms with van der Waals surface area (Å²) >= 11 is 0. The zero-order valence-corrected chi connectivity index (χ0v) is 13.6. The van der Waals surface area contributed by atoms with Gasteiger partial charge in [0.15, 0.2) is 11.6 Å². The Labute approximate surface area is 135 Å². The summed E-state index contributed by atoms with van der Waals surface area (Å²) in [6, 6.07) is 11.9. The van der Waals surface area contributed by atoms with Crippen molar-refractivity contribution in [3.8, 4) is 0 Å². The number of hydrogen-bond acceptors (Lipinski definition) is 1. The third kappa shape index (κ3) is 2.92. The maximum Gasteiger partial charge on any atom is 0.159 e. The second-order valence-electron chi connectivity index (χ2n) is 7.08. The summed E-state index contributed by atoms with van der Waals surface area (Å²) in [7, 11) is 0. The zero-order valence-electron chi connectivity index (χ0n) is 13.6. The molecule has 2 atom stereocenters. The average molecular weight is 314 g/mol. The monoisotopic (exact) mass is 314 g/mol. The summed E-state index contributed by atoms with van der Waals surface area (Å²) in [5.41, 5.74) is 2.79. The molecule has 1 aliphatic rings. The van der Waals surface area contributed by atoms with Crippen molar-refractivity contribution in [3.63, 3.8) is 0 Å². The predicted molar refractivity (Wildman–Crippen MR) is 86.3 cm³/mol. The van der Waals surface area contributed by atoms with Gasteiger partial charge in [-0.15, -0.1) is 0 Å². The van der Waals surface area contributed by atoms with Crippen molar-refractivity contribution in [2.75, 3.05) is 0 Å². The van der Waals surface area contributed by atoms with Crippen molar-refractivity contribution in [1.82, 2.24) is 0 Å². The molecule has 0 N–H and O–H groups in total. The van der Waals surface area contributed by atoms with Gasteiger partial charge >= 0.3 is 0 Å². The Kier molecular flexibility index (Phi) is 3.83. The largest absolute Gasteiger partial charge is 0.299 e. The number of carbonyl (C=O) groups is 1. The Bertz CT molecular complexity index is 764. The molecule has 0 radical (unpaired) electrons. The van der Waals surface area contributed by atoms with Gasteiger partial charge in [0.05, 0.1) is 0 Å². The van der Waals surface area contributed by atoms with Crippen molar-refractivity contribution < 1.29 is 13.6 Å². The summed E-state index contributed by atoms with van der Waals surface area (Å²) in [6.45, 7) is 6.22. The van der Waals surface area contributed by atoms with Gasteiger partial charge in [-0.25, -0.2) is 8.78 Å². The molecule has 23 heavy (non-hydrogen) atoms. The van der Waals surface area contributed by atoms with E-state index in [-0.39, 0.29) is 29.5 Å². The number of benzene rings is 2. The number of rotatable bonds is 4. The first kappa shape index (κ1) is 15.9. The minimum Gasteiger partial charge on any atom is -0.299 e. The summed E-state index contributed by atoms with van der Waals surface area (Å²) in [5.74, 6) is -1.57. The Morgan fingerprint density at radius 2 is 1.83 bits per heavy atom. The first-order chi connectivity index (χ1) is 10.8. The van der Waals surface area contributed by atoms with E-state index in [9.17, 15) is 13.6 Å². The van der Waals surface area contributed by atoms with Gasteiger partial charge < -0.3 is 0 Å². The molecule has 2 aromatic carbocycles. The van der Waals surface area contributed by atoms with Crippen LogP contribution in [0.1, 0.15) is 36.5 Å². The van der Waals surface area contributed by atoms with Crippen LogP contribution in [-0.4, -0.2) is 5.78 Å². The SMILES string of the molecule is Cc1cccc([C@@H]2[C@@H](C(=O)Cc3ccc(F)c(F)c3)C2(C)C)c1. The molecule has 0 spiro atoms. The number of ketones is 1. The van der Waals surface area contributed by atoms with Crippen LogP contribution in [0, 0.1) is 29.9 Å². The molecule has 0 heterocycles. The molecule has 2 aromatic rings. The van der Waals surface area contributed by atoms with Gasteiger partial charge in [-0.3, -0.25) is 4.79 Å². The van der Waals surface area contributed by atoms with Gasteiger partial charge in [0.2, 0.25) is 0 Å². The van der Waals surface area contributed by atoms with Crippen LogP contribution >= 0.6 is 0 Å². The highest BCUT2D eigenvalue weighted by molar-refractivity contribution is 5.88. The van der Waals surface area contributed by atoms with Crippen LogP contribution < -0.4 is 0 Å². The highest BCUT2D eigenvalue weighted by Crippen LogP contribution is 2.64. The van der Waals surface area contributed by atoms with Crippen LogP contribution in [0.5, 0.6) is 0 Å². The van der Waals surface area contributed by atoms with Gasteiger partial charge in [0.1, 0.15) is 5.78 Å². The van der Waals surface area contributed by atoms with E-state index in [1.165, 1.54) is 17.2 Å². The Morgan fingerprint density at radius 3 is 2.48 bits per heavy atom. The van der Waals surface area contributed by atoms with E-state index >= 15 is 0 Å². The lowest BCUT2D eigenvalue weighted by Crippen LogP contribution is -2.09. The van der Waals surface area contributed by atoms with Crippen LogP contribution in [0.3, 0.4) is 0 Å². The predicted octanol–water partition coefficient (Wildman–Crippen LogP) is 4.82. The Balaban J connectivity index is 1.78. The maximum atomic E-state index is 13.3. The summed E-state index contributed by atoms with van der Waals surface area (Å²) in [4.78, 5) is 12.6. The second kappa shape index (κ2) is 5.55. The Morgan fingerprint density at radius 1 is 1.09 bits per heavy atom. The summed E-state index contributed by atoms with van der Waals surface area (Å²) in [6.07, 6.45) is 0.146. The van der Waals surface area contributed by atoms with Crippen molar-refractivity contribution in [2.24, 2.45) is 11.3 Å². The average Bonchev–Trinajstić information content (AvgIpc) is 3.06. The molecular weight excluding hydrogens is 294 g/mol. The number of hydrogen-bond donors (Lipinski definition) is 0. The molecule has 0 aliphatic heterocycles. The van der Waals surface area contributed by atoms with Crippen LogP contribution in [0.15, 0.2) is 42.5 Å². The molecule has 0 aromatic heterocycles. The zero-order chi connectivity index (χ0) is 16.8. The first-order valence-electron chi connectivity index (χ1n) is 7.84. The van der Waals surface area contributed by atoms with Crippen molar-refractivity contribution in [1.29, 1.82) is 0 Å². The maximum absolute atomic E-state index is 13.3. The fourth-order valence-corrected chi connectivity index (χ4v) is 3.69. The molecule has 3 rings (SSSR count). The molecule has 1 aliphatic carbocycles. The van der Waals surface area contributed by atoms with Crippen molar-refractivity contribution in [2.45, 2.75) is 33.1 Å². The van der Waals surface area contributed by atoms with E-state index in [0.29, 0.717) is 5.56 Å². The van der Waals surface area contributed by atoms with Crippen LogP contribution in [0.4, 0.5) is 8.78 Å². The van der Waals surface area contributed by atoms with Crippen molar-refractivity contribution >= 4 is 5.78 Å². The van der Waals surface area contributed by atoms with E-state index in [1.54, 1.807) is 0 Å². The second-order valence-corrected chi connectivity index (χ2v) is 7.08. The standard InChI is InChI=1S/C20H20F2O/c1-12-5-4-6-14(9-12)18-19(20(18,2)3)17(23)11-13-7-8-15(21)16(22)10-13/h4-10,18-19H,11H2,1-3H3/t18-,19-/m1/s1. The molecular formula is C20H20F2O. The van der Waals surface area contributed by atoms with E-state index in [0.717, 1.165) is 12.1 Å². The van der Waals surface area contributed by atoms with Gasteiger partial charge in [-0.1, -0.05) is 49.7 Å². The molecule has 0 bridgehead atoms. The molecule has 1 saturated carbocycles. The molecule has 1 fully saturated rings. The molecule has 0 saturated heterocycles.